The summed E-state index contributed by atoms with van der Waals surface area (Å²) in [5.41, 5.74) is 6.10. The Kier molecular flexibility index (Phi) is 3.82. The predicted molar refractivity (Wildman–Crippen MR) is 113 cm³/mol. The highest BCUT2D eigenvalue weighted by molar-refractivity contribution is 6.10. The first kappa shape index (κ1) is 16.3. The maximum Gasteiger partial charge on any atom is 0.160 e. The number of carbonyl (C=O) groups excluding carboxylic acids is 1. The van der Waals surface area contributed by atoms with Gasteiger partial charge in [-0.15, -0.1) is 0 Å². The van der Waals surface area contributed by atoms with Crippen molar-refractivity contribution in [1.29, 1.82) is 0 Å². The average molecular weight is 350 g/mol. The van der Waals surface area contributed by atoms with Gasteiger partial charge in [-0.3, -0.25) is 4.79 Å². The van der Waals surface area contributed by atoms with Gasteiger partial charge in [-0.2, -0.15) is 0 Å². The van der Waals surface area contributed by atoms with Gasteiger partial charge in [-0.05, 0) is 82.5 Å². The van der Waals surface area contributed by atoms with Crippen LogP contribution in [0.3, 0.4) is 0 Å². The molecule has 0 unspecified atom stereocenters. The van der Waals surface area contributed by atoms with Gasteiger partial charge in [0.05, 0.1) is 0 Å². The topological polar surface area (TPSA) is 17.1 Å². The van der Waals surface area contributed by atoms with Crippen molar-refractivity contribution in [3.63, 3.8) is 0 Å². The van der Waals surface area contributed by atoms with E-state index in [2.05, 4.69) is 66.7 Å². The van der Waals surface area contributed by atoms with Crippen molar-refractivity contribution in [2.75, 3.05) is 0 Å². The Morgan fingerprint density at radius 1 is 0.704 bits per heavy atom. The smallest absolute Gasteiger partial charge is 0.160 e. The SMILES string of the molecule is CC(=O)c1cc2ccc1CCc1ccc(c3c1ccc1ccccc13)CC2. The molecule has 4 aromatic rings. The van der Waals surface area contributed by atoms with Crippen LogP contribution in [0, 0.1) is 0 Å². The van der Waals surface area contributed by atoms with E-state index in [1.54, 1.807) is 6.92 Å². The maximum absolute atomic E-state index is 12.1. The number of carbonyl (C=O) groups is 1. The normalized spacial score (nSPS) is 13.7. The Balaban J connectivity index is 1.75. The van der Waals surface area contributed by atoms with Gasteiger partial charge in [0.25, 0.3) is 0 Å². The van der Waals surface area contributed by atoms with Gasteiger partial charge in [0.1, 0.15) is 0 Å². The van der Waals surface area contributed by atoms with E-state index in [9.17, 15) is 4.79 Å². The fraction of sp³-hybridized carbons (Fsp3) is 0.192. The molecule has 132 valence electrons. The van der Waals surface area contributed by atoms with Gasteiger partial charge < -0.3 is 0 Å². The van der Waals surface area contributed by atoms with E-state index in [-0.39, 0.29) is 5.78 Å². The lowest BCUT2D eigenvalue weighted by molar-refractivity contribution is 0.101. The predicted octanol–water partition coefficient (Wildman–Crippen LogP) is 6.08. The number of hydrogen-bond acceptors (Lipinski definition) is 1. The molecule has 0 saturated carbocycles. The Morgan fingerprint density at radius 3 is 2.33 bits per heavy atom. The van der Waals surface area contributed by atoms with Crippen LogP contribution in [-0.4, -0.2) is 5.78 Å². The average Bonchev–Trinajstić information content (AvgIpc) is 2.69. The van der Waals surface area contributed by atoms with Crippen LogP contribution in [0.25, 0.3) is 21.5 Å². The lowest BCUT2D eigenvalue weighted by atomic mass is 9.87. The van der Waals surface area contributed by atoms with Crippen molar-refractivity contribution in [3.8, 4) is 0 Å². The summed E-state index contributed by atoms with van der Waals surface area (Å²) < 4.78 is 0. The first-order valence-electron chi connectivity index (χ1n) is 9.76. The maximum atomic E-state index is 12.1. The summed E-state index contributed by atoms with van der Waals surface area (Å²) in [6, 6.07) is 24.3. The largest absolute Gasteiger partial charge is 0.295 e. The summed E-state index contributed by atoms with van der Waals surface area (Å²) in [5, 5.41) is 5.43. The highest BCUT2D eigenvalue weighted by Gasteiger charge is 2.14. The van der Waals surface area contributed by atoms with Crippen molar-refractivity contribution < 1.29 is 4.79 Å². The van der Waals surface area contributed by atoms with Crippen molar-refractivity contribution in [2.24, 2.45) is 0 Å². The lowest BCUT2D eigenvalue weighted by Crippen LogP contribution is -2.06. The minimum absolute atomic E-state index is 0.175. The van der Waals surface area contributed by atoms with Crippen molar-refractivity contribution in [1.82, 2.24) is 0 Å². The van der Waals surface area contributed by atoms with E-state index in [4.69, 9.17) is 0 Å². The second-order valence-corrected chi connectivity index (χ2v) is 7.64. The van der Waals surface area contributed by atoms with Crippen LogP contribution in [0.5, 0.6) is 0 Å². The van der Waals surface area contributed by atoms with Crippen molar-refractivity contribution >= 4 is 27.3 Å². The van der Waals surface area contributed by atoms with Gasteiger partial charge in [-0.25, -0.2) is 0 Å². The summed E-state index contributed by atoms with van der Waals surface area (Å²) in [5.74, 6) is 0.175. The van der Waals surface area contributed by atoms with E-state index in [0.29, 0.717) is 0 Å². The third-order valence-corrected chi connectivity index (χ3v) is 5.98. The van der Waals surface area contributed by atoms with Gasteiger partial charge >= 0.3 is 0 Å². The van der Waals surface area contributed by atoms with Gasteiger partial charge in [0.15, 0.2) is 5.78 Å². The van der Waals surface area contributed by atoms with Crippen molar-refractivity contribution in [2.45, 2.75) is 32.6 Å². The minimum atomic E-state index is 0.175. The number of ketones is 1. The molecule has 0 atom stereocenters. The number of aryl methyl sites for hydroxylation is 4. The molecule has 8 rings (SSSR count). The molecule has 4 bridgehead atoms. The molecule has 4 aliphatic rings. The third-order valence-electron chi connectivity index (χ3n) is 5.98. The first-order valence-corrected chi connectivity index (χ1v) is 9.76. The number of benzene rings is 4. The fourth-order valence-corrected chi connectivity index (χ4v) is 4.56. The summed E-state index contributed by atoms with van der Waals surface area (Å²) in [7, 11) is 0. The minimum Gasteiger partial charge on any atom is -0.295 e. The fourth-order valence-electron chi connectivity index (χ4n) is 4.56. The van der Waals surface area contributed by atoms with Crippen LogP contribution in [0.15, 0.2) is 66.7 Å². The molecule has 1 nitrogen and oxygen atoms in total. The Hall–Kier alpha value is -2.93. The molecule has 0 aromatic heterocycles. The van der Waals surface area contributed by atoms with Crippen LogP contribution < -0.4 is 0 Å². The van der Waals surface area contributed by atoms with Gasteiger partial charge in [0, 0.05) is 5.56 Å². The number of rotatable bonds is 1. The molecule has 4 aromatic carbocycles. The van der Waals surface area contributed by atoms with Gasteiger partial charge in [-0.1, -0.05) is 60.7 Å². The van der Waals surface area contributed by atoms with E-state index in [1.807, 2.05) is 0 Å². The van der Waals surface area contributed by atoms with E-state index < -0.39 is 0 Å². The Labute approximate surface area is 159 Å². The number of fused-ring (bicyclic) bond motifs is 1. The molecule has 0 spiro atoms. The molecular weight excluding hydrogens is 328 g/mol. The molecule has 4 aliphatic carbocycles. The van der Waals surface area contributed by atoms with Gasteiger partial charge in [0.2, 0.25) is 0 Å². The number of hydrogen-bond donors (Lipinski definition) is 0. The molecule has 0 fully saturated rings. The Morgan fingerprint density at radius 2 is 1.44 bits per heavy atom. The molecule has 0 heterocycles. The second-order valence-electron chi connectivity index (χ2n) is 7.64. The molecule has 1 heteroatoms. The summed E-state index contributed by atoms with van der Waals surface area (Å²) in [6.07, 6.45) is 3.80. The highest BCUT2D eigenvalue weighted by atomic mass is 16.1. The zero-order valence-corrected chi connectivity index (χ0v) is 15.6. The van der Waals surface area contributed by atoms with Crippen LogP contribution in [0.4, 0.5) is 0 Å². The van der Waals surface area contributed by atoms with Crippen LogP contribution in [0.1, 0.15) is 39.5 Å². The molecule has 0 saturated heterocycles. The molecule has 0 N–H and O–H groups in total. The van der Waals surface area contributed by atoms with Crippen molar-refractivity contribution in [3.05, 3.63) is 94.5 Å². The lowest BCUT2D eigenvalue weighted by Gasteiger charge is -2.17. The summed E-state index contributed by atoms with van der Waals surface area (Å²) >= 11 is 0. The molecule has 27 heavy (non-hydrogen) atoms. The molecule has 0 amide bonds. The van der Waals surface area contributed by atoms with Crippen LogP contribution in [0.2, 0.25) is 0 Å². The monoisotopic (exact) mass is 350 g/mol. The van der Waals surface area contributed by atoms with E-state index in [1.165, 1.54) is 43.8 Å². The number of Topliss-reactive ketones (excluding diaryl/α,β-unsaturated/α-hetero) is 1. The Bertz CT molecular complexity index is 1200. The molecule has 0 aliphatic heterocycles. The summed E-state index contributed by atoms with van der Waals surface area (Å²) in [4.78, 5) is 12.1. The van der Waals surface area contributed by atoms with Crippen LogP contribution in [-0.2, 0) is 25.7 Å². The summed E-state index contributed by atoms with van der Waals surface area (Å²) in [6.45, 7) is 1.68. The van der Waals surface area contributed by atoms with E-state index in [0.717, 1.165) is 31.2 Å². The standard InChI is InChI=1S/C26H22O/c1-17(27)25-16-18-6-8-21(25)11-10-20-12-13-22(9-7-18)26-23-5-3-2-4-19(23)14-15-24(20)26/h2-6,8,12-16H,7,9-11H2,1H3. The van der Waals surface area contributed by atoms with E-state index >= 15 is 0 Å². The first-order chi connectivity index (χ1) is 13.2. The third kappa shape index (κ3) is 2.75. The zero-order chi connectivity index (χ0) is 18.4. The molecule has 0 radical (unpaired) electrons. The second kappa shape index (κ2) is 6.35. The zero-order valence-electron chi connectivity index (χ0n) is 15.6. The quantitative estimate of drug-likeness (QED) is 0.300. The highest BCUT2D eigenvalue weighted by Crippen LogP contribution is 2.33. The van der Waals surface area contributed by atoms with Crippen LogP contribution >= 0.6 is 0 Å². The molecular formula is C26H22O.